The summed E-state index contributed by atoms with van der Waals surface area (Å²) in [6, 6.07) is 4.61. The van der Waals surface area contributed by atoms with Crippen molar-refractivity contribution in [2.45, 2.75) is 50.2 Å². The number of benzene rings is 1. The van der Waals surface area contributed by atoms with Crippen LogP contribution in [0.25, 0.3) is 0 Å². The molecular formula is C22H27FN4O4S. The second-order valence-electron chi connectivity index (χ2n) is 8.19. The lowest BCUT2D eigenvalue weighted by atomic mass is 10.1. The van der Waals surface area contributed by atoms with Gasteiger partial charge in [-0.2, -0.15) is 0 Å². The van der Waals surface area contributed by atoms with Gasteiger partial charge in [0.05, 0.1) is 17.4 Å². The summed E-state index contributed by atoms with van der Waals surface area (Å²) < 4.78 is 37.8. The van der Waals surface area contributed by atoms with Crippen molar-refractivity contribution < 1.29 is 22.9 Å². The molecule has 3 heterocycles. The van der Waals surface area contributed by atoms with Crippen molar-refractivity contribution >= 4 is 28.4 Å². The van der Waals surface area contributed by atoms with E-state index >= 15 is 0 Å². The van der Waals surface area contributed by atoms with Gasteiger partial charge in [0, 0.05) is 54.4 Å². The molecule has 10 heteroatoms. The predicted octanol–water partition coefficient (Wildman–Crippen LogP) is 3.44. The first-order valence-electron chi connectivity index (χ1n) is 10.7. The van der Waals surface area contributed by atoms with Gasteiger partial charge in [-0.3, -0.25) is 4.21 Å². The van der Waals surface area contributed by atoms with Crippen LogP contribution in [0.15, 0.2) is 29.4 Å². The number of rotatable bonds is 5. The average Bonchev–Trinajstić information content (AvgIpc) is 3.18. The van der Waals surface area contributed by atoms with Gasteiger partial charge in [-0.1, -0.05) is 0 Å². The minimum atomic E-state index is -1.25. The largest absolute Gasteiger partial charge is 0.474 e. The van der Waals surface area contributed by atoms with E-state index in [0.29, 0.717) is 61.2 Å². The Kier molecular flexibility index (Phi) is 6.59. The number of ether oxygens (including phenoxy) is 2. The molecule has 2 aromatic rings. The third kappa shape index (κ3) is 4.69. The zero-order valence-corrected chi connectivity index (χ0v) is 19.2. The van der Waals surface area contributed by atoms with Gasteiger partial charge in [-0.15, -0.1) is 0 Å². The SMILES string of the molecule is CC(C)OC(=O)N1CCC(Oc2ncnc3c2CCN3c2ccc(S(C)=O)cc2F)CC1. The van der Waals surface area contributed by atoms with E-state index in [2.05, 4.69) is 9.97 Å². The van der Waals surface area contributed by atoms with Crippen LogP contribution in [-0.4, -0.2) is 63.3 Å². The number of carbonyl (C=O) groups is 1. The third-order valence-corrected chi connectivity index (χ3v) is 6.50. The Morgan fingerprint density at radius 3 is 2.62 bits per heavy atom. The number of anilines is 2. The van der Waals surface area contributed by atoms with E-state index in [9.17, 15) is 13.4 Å². The summed E-state index contributed by atoms with van der Waals surface area (Å²) in [5.41, 5.74) is 1.23. The fourth-order valence-corrected chi connectivity index (χ4v) is 4.51. The molecule has 8 nitrogen and oxygen atoms in total. The molecule has 1 unspecified atom stereocenters. The highest BCUT2D eigenvalue weighted by Crippen LogP contribution is 2.38. The maximum Gasteiger partial charge on any atom is 0.410 e. The maximum absolute atomic E-state index is 14.7. The summed E-state index contributed by atoms with van der Waals surface area (Å²) in [5.74, 6) is 0.692. The van der Waals surface area contributed by atoms with E-state index in [1.165, 1.54) is 18.6 Å². The molecule has 1 aromatic heterocycles. The van der Waals surface area contributed by atoms with Crippen LogP contribution in [0.2, 0.25) is 0 Å². The lowest BCUT2D eigenvalue weighted by Gasteiger charge is -2.32. The van der Waals surface area contributed by atoms with Gasteiger partial charge in [-0.25, -0.2) is 19.2 Å². The standard InChI is InChI=1S/C22H27FN4O4S/c1-14(2)30-22(28)26-9-6-15(7-10-26)31-21-17-8-11-27(20(17)24-13-25-21)19-5-4-16(32(3)29)12-18(19)23/h4-5,12-15H,6-11H2,1-3H3. The van der Waals surface area contributed by atoms with Gasteiger partial charge in [0.15, 0.2) is 0 Å². The zero-order valence-electron chi connectivity index (χ0n) is 18.4. The van der Waals surface area contributed by atoms with Crippen molar-refractivity contribution in [3.63, 3.8) is 0 Å². The van der Waals surface area contributed by atoms with Crippen LogP contribution in [0, 0.1) is 5.82 Å². The lowest BCUT2D eigenvalue weighted by Crippen LogP contribution is -2.42. The Hall–Kier alpha value is -2.75. The Labute approximate surface area is 189 Å². The van der Waals surface area contributed by atoms with E-state index in [1.54, 1.807) is 21.9 Å². The minimum absolute atomic E-state index is 0.0679. The molecule has 32 heavy (non-hydrogen) atoms. The molecule has 2 aliphatic heterocycles. The highest BCUT2D eigenvalue weighted by molar-refractivity contribution is 7.84. The second-order valence-corrected chi connectivity index (χ2v) is 9.57. The molecular weight excluding hydrogens is 435 g/mol. The summed E-state index contributed by atoms with van der Waals surface area (Å²) >= 11 is 0. The average molecular weight is 463 g/mol. The predicted molar refractivity (Wildman–Crippen MR) is 118 cm³/mol. The molecule has 0 spiro atoms. The number of piperidine rings is 1. The number of amides is 1. The normalized spacial score (nSPS) is 17.4. The molecule has 1 saturated heterocycles. The lowest BCUT2D eigenvalue weighted by molar-refractivity contribution is 0.0505. The molecule has 2 aliphatic rings. The van der Waals surface area contributed by atoms with Gasteiger partial charge < -0.3 is 19.3 Å². The molecule has 1 aromatic carbocycles. The summed E-state index contributed by atoms with van der Waals surface area (Å²) in [6.45, 7) is 5.34. The number of hydrogen-bond donors (Lipinski definition) is 0. The quantitative estimate of drug-likeness (QED) is 0.673. The van der Waals surface area contributed by atoms with Crippen molar-refractivity contribution in [1.29, 1.82) is 0 Å². The number of halogens is 1. The molecule has 0 N–H and O–H groups in total. The fraction of sp³-hybridized carbons (Fsp3) is 0.500. The summed E-state index contributed by atoms with van der Waals surface area (Å²) in [5, 5.41) is 0. The molecule has 0 bridgehead atoms. The van der Waals surface area contributed by atoms with Crippen LogP contribution in [-0.2, 0) is 22.0 Å². The van der Waals surface area contributed by atoms with E-state index in [1.807, 2.05) is 13.8 Å². The van der Waals surface area contributed by atoms with Crippen LogP contribution >= 0.6 is 0 Å². The Morgan fingerprint density at radius 1 is 1.22 bits per heavy atom. The van der Waals surface area contributed by atoms with Crippen LogP contribution in [0.1, 0.15) is 32.3 Å². The summed E-state index contributed by atoms with van der Waals surface area (Å²) in [6.07, 6.45) is 4.43. The summed E-state index contributed by atoms with van der Waals surface area (Å²) in [7, 11) is -1.25. The number of fused-ring (bicyclic) bond motifs is 1. The van der Waals surface area contributed by atoms with Crippen LogP contribution in [0.3, 0.4) is 0 Å². The molecule has 0 saturated carbocycles. The Morgan fingerprint density at radius 2 is 1.97 bits per heavy atom. The number of hydrogen-bond acceptors (Lipinski definition) is 7. The van der Waals surface area contributed by atoms with Gasteiger partial charge in [0.1, 0.15) is 24.1 Å². The number of carbonyl (C=O) groups excluding carboxylic acids is 1. The maximum atomic E-state index is 14.7. The van der Waals surface area contributed by atoms with Crippen LogP contribution < -0.4 is 9.64 Å². The van der Waals surface area contributed by atoms with E-state index in [4.69, 9.17) is 9.47 Å². The van der Waals surface area contributed by atoms with Crippen molar-refractivity contribution in [2.24, 2.45) is 0 Å². The highest BCUT2D eigenvalue weighted by atomic mass is 32.2. The molecule has 1 amide bonds. The Bertz CT molecular complexity index is 1030. The Balaban J connectivity index is 1.45. The van der Waals surface area contributed by atoms with Crippen molar-refractivity contribution in [1.82, 2.24) is 14.9 Å². The smallest absolute Gasteiger partial charge is 0.410 e. The molecule has 0 aliphatic carbocycles. The monoisotopic (exact) mass is 462 g/mol. The van der Waals surface area contributed by atoms with Gasteiger partial charge in [0.25, 0.3) is 0 Å². The molecule has 1 fully saturated rings. The number of likely N-dealkylation sites (tertiary alicyclic amines) is 1. The number of nitrogens with zero attached hydrogens (tertiary/aromatic N) is 4. The van der Waals surface area contributed by atoms with Crippen LogP contribution in [0.5, 0.6) is 5.88 Å². The molecule has 4 rings (SSSR count). The van der Waals surface area contributed by atoms with Gasteiger partial charge >= 0.3 is 6.09 Å². The van der Waals surface area contributed by atoms with E-state index in [0.717, 1.165) is 5.56 Å². The molecule has 1 atom stereocenters. The van der Waals surface area contributed by atoms with E-state index in [-0.39, 0.29) is 18.3 Å². The van der Waals surface area contributed by atoms with Gasteiger partial charge in [-0.05, 0) is 38.5 Å². The molecule has 172 valence electrons. The van der Waals surface area contributed by atoms with Gasteiger partial charge in [0.2, 0.25) is 5.88 Å². The minimum Gasteiger partial charge on any atom is -0.474 e. The fourth-order valence-electron chi connectivity index (χ4n) is 3.98. The van der Waals surface area contributed by atoms with Crippen LogP contribution in [0.4, 0.5) is 20.7 Å². The van der Waals surface area contributed by atoms with Crippen molar-refractivity contribution in [3.8, 4) is 5.88 Å². The van der Waals surface area contributed by atoms with Crippen molar-refractivity contribution in [3.05, 3.63) is 35.9 Å². The van der Waals surface area contributed by atoms with E-state index < -0.39 is 16.6 Å². The first-order valence-corrected chi connectivity index (χ1v) is 12.3. The number of aromatic nitrogens is 2. The summed E-state index contributed by atoms with van der Waals surface area (Å²) in [4.78, 5) is 24.7. The highest BCUT2D eigenvalue weighted by Gasteiger charge is 2.31. The topological polar surface area (TPSA) is 84.9 Å². The zero-order chi connectivity index (χ0) is 22.8. The first-order chi connectivity index (χ1) is 15.3. The first kappa shape index (κ1) is 22.4. The molecule has 0 radical (unpaired) electrons. The second kappa shape index (κ2) is 9.40. The van der Waals surface area contributed by atoms with Crippen molar-refractivity contribution in [2.75, 3.05) is 30.8 Å². The third-order valence-electron chi connectivity index (χ3n) is 5.58.